The van der Waals surface area contributed by atoms with Crippen molar-refractivity contribution >= 4 is 23.4 Å². The highest BCUT2D eigenvalue weighted by Crippen LogP contribution is 2.18. The highest BCUT2D eigenvalue weighted by atomic mass is 16.5. The van der Waals surface area contributed by atoms with Gasteiger partial charge in [0.05, 0.1) is 17.7 Å². The number of ether oxygens (including phenoxy) is 1. The first-order valence-electron chi connectivity index (χ1n) is 10.3. The molecule has 4 aromatic rings. The Hall–Kier alpha value is -4.59. The Morgan fingerprint density at radius 3 is 2.36 bits per heavy atom. The molecule has 0 fully saturated rings. The van der Waals surface area contributed by atoms with Gasteiger partial charge in [0.25, 0.3) is 5.91 Å². The number of nitrogen functional groups attached to an aromatic ring is 1. The van der Waals surface area contributed by atoms with Gasteiger partial charge in [-0.15, -0.1) is 0 Å². The Morgan fingerprint density at radius 2 is 1.67 bits per heavy atom. The van der Waals surface area contributed by atoms with Crippen LogP contribution in [0, 0.1) is 0 Å². The van der Waals surface area contributed by atoms with Crippen LogP contribution in [0.5, 0.6) is 0 Å². The first-order chi connectivity index (χ1) is 16.1. The van der Waals surface area contributed by atoms with Gasteiger partial charge in [0.1, 0.15) is 6.61 Å². The van der Waals surface area contributed by atoms with Crippen LogP contribution in [0.15, 0.2) is 91.5 Å². The second-order valence-electron chi connectivity index (χ2n) is 7.30. The van der Waals surface area contributed by atoms with Crippen LogP contribution in [-0.4, -0.2) is 21.6 Å². The zero-order valence-corrected chi connectivity index (χ0v) is 17.8. The van der Waals surface area contributed by atoms with Crippen molar-refractivity contribution in [2.75, 3.05) is 11.1 Å². The molecule has 4 N–H and O–H groups in total. The molecule has 166 valence electrons. The summed E-state index contributed by atoms with van der Waals surface area (Å²) in [6, 6.07) is 21.7. The largest absolute Gasteiger partial charge is 0.445 e. The second-order valence-corrected chi connectivity index (χ2v) is 7.30. The number of nitrogens with zero attached hydrogens (tertiary/aromatic N) is 2. The predicted octanol–water partition coefficient (Wildman–Crippen LogP) is 4.13. The van der Waals surface area contributed by atoms with E-state index < -0.39 is 6.09 Å². The summed E-state index contributed by atoms with van der Waals surface area (Å²) in [4.78, 5) is 28.4. The molecule has 1 heterocycles. The zero-order valence-electron chi connectivity index (χ0n) is 17.8. The molecule has 3 aromatic carbocycles. The lowest BCUT2D eigenvalue weighted by Gasteiger charge is -2.10. The summed E-state index contributed by atoms with van der Waals surface area (Å²) in [6.45, 7) is 0.448. The number of anilines is 2. The summed E-state index contributed by atoms with van der Waals surface area (Å²) >= 11 is 0. The number of carbonyl (C=O) groups excluding carboxylic acids is 2. The molecule has 0 saturated carbocycles. The monoisotopic (exact) mass is 441 g/mol. The quantitative estimate of drug-likeness (QED) is 0.373. The number of nitrogens with one attached hydrogen (secondary N) is 2. The number of hydrogen-bond acceptors (Lipinski definition) is 5. The summed E-state index contributed by atoms with van der Waals surface area (Å²) in [5.41, 5.74) is 10.1. The minimum Gasteiger partial charge on any atom is -0.445 e. The lowest BCUT2D eigenvalue weighted by atomic mass is 10.1. The summed E-state index contributed by atoms with van der Waals surface area (Å²) in [5, 5.41) is 5.49. The van der Waals surface area contributed by atoms with Crippen molar-refractivity contribution in [1.29, 1.82) is 0 Å². The highest BCUT2D eigenvalue weighted by molar-refractivity contribution is 6.05. The van der Waals surface area contributed by atoms with Gasteiger partial charge in [-0.2, -0.15) is 0 Å². The van der Waals surface area contributed by atoms with Crippen LogP contribution in [0.4, 0.5) is 16.2 Å². The van der Waals surface area contributed by atoms with Gasteiger partial charge in [0.15, 0.2) is 0 Å². The molecule has 2 amide bonds. The average Bonchev–Trinajstić information content (AvgIpc) is 3.38. The van der Waals surface area contributed by atoms with Gasteiger partial charge >= 0.3 is 6.09 Å². The van der Waals surface area contributed by atoms with Crippen molar-refractivity contribution in [2.24, 2.45) is 0 Å². The minimum absolute atomic E-state index is 0.164. The third kappa shape index (κ3) is 5.76. The van der Waals surface area contributed by atoms with Crippen molar-refractivity contribution < 1.29 is 14.3 Å². The maximum atomic E-state index is 12.4. The molecule has 33 heavy (non-hydrogen) atoms. The van der Waals surface area contributed by atoms with Crippen LogP contribution >= 0.6 is 0 Å². The molecule has 8 heteroatoms. The van der Waals surface area contributed by atoms with E-state index in [1.165, 1.54) is 0 Å². The number of hydrogen-bond donors (Lipinski definition) is 3. The normalized spacial score (nSPS) is 10.4. The molecule has 0 aliphatic carbocycles. The first kappa shape index (κ1) is 21.6. The summed E-state index contributed by atoms with van der Waals surface area (Å²) < 4.78 is 7.17. The van der Waals surface area contributed by atoms with E-state index in [2.05, 4.69) is 15.6 Å². The van der Waals surface area contributed by atoms with Gasteiger partial charge in [-0.25, -0.2) is 9.78 Å². The SMILES string of the molecule is Nc1ccccc1NC(=O)c1ccc(CNC(=O)OCc2ccc(-n3ccnc3)cc2)cc1. The Kier molecular flexibility index (Phi) is 6.65. The maximum Gasteiger partial charge on any atom is 0.407 e. The number of carbonyl (C=O) groups is 2. The number of imidazole rings is 1. The summed E-state index contributed by atoms with van der Waals surface area (Å²) in [6.07, 6.45) is 4.77. The number of rotatable bonds is 7. The first-order valence-corrected chi connectivity index (χ1v) is 10.3. The Bertz CT molecular complexity index is 1220. The van der Waals surface area contributed by atoms with Crippen LogP contribution in [0.3, 0.4) is 0 Å². The molecular weight excluding hydrogens is 418 g/mol. The van der Waals surface area contributed by atoms with Crippen molar-refractivity contribution in [3.05, 3.63) is 108 Å². The molecule has 0 saturated heterocycles. The zero-order chi connectivity index (χ0) is 23.0. The van der Waals surface area contributed by atoms with Gasteiger partial charge in [-0.1, -0.05) is 36.4 Å². The number of para-hydroxylation sites is 2. The molecule has 0 bridgehead atoms. The van der Waals surface area contributed by atoms with Crippen LogP contribution in [0.1, 0.15) is 21.5 Å². The third-order valence-corrected chi connectivity index (χ3v) is 4.97. The van der Waals surface area contributed by atoms with Crippen molar-refractivity contribution in [2.45, 2.75) is 13.2 Å². The van der Waals surface area contributed by atoms with Gasteiger partial charge < -0.3 is 25.7 Å². The molecule has 0 atom stereocenters. The van der Waals surface area contributed by atoms with Crippen molar-refractivity contribution in [3.63, 3.8) is 0 Å². The van der Waals surface area contributed by atoms with Gasteiger partial charge in [-0.05, 0) is 47.5 Å². The standard InChI is InChI=1S/C25H23N5O3/c26-22-3-1-2-4-23(22)29-24(31)20-9-5-18(6-10-20)15-28-25(32)33-16-19-7-11-21(12-8-19)30-14-13-27-17-30/h1-14,17H,15-16,26H2,(H,28,32)(H,29,31). The fourth-order valence-electron chi connectivity index (χ4n) is 3.13. The highest BCUT2D eigenvalue weighted by Gasteiger charge is 2.09. The fraction of sp³-hybridized carbons (Fsp3) is 0.0800. The molecule has 0 spiro atoms. The van der Waals surface area contributed by atoms with Gasteiger partial charge in [0.2, 0.25) is 0 Å². The molecule has 1 aromatic heterocycles. The van der Waals surface area contributed by atoms with Crippen molar-refractivity contribution in [1.82, 2.24) is 14.9 Å². The van der Waals surface area contributed by atoms with Gasteiger partial charge in [-0.3, -0.25) is 4.79 Å². The third-order valence-electron chi connectivity index (χ3n) is 4.97. The van der Waals surface area contributed by atoms with E-state index in [4.69, 9.17) is 10.5 Å². The van der Waals surface area contributed by atoms with E-state index in [0.717, 1.165) is 16.8 Å². The fourth-order valence-corrected chi connectivity index (χ4v) is 3.13. The predicted molar refractivity (Wildman–Crippen MR) is 126 cm³/mol. The number of amides is 2. The maximum absolute atomic E-state index is 12.4. The molecule has 8 nitrogen and oxygen atoms in total. The van der Waals surface area contributed by atoms with E-state index in [0.29, 0.717) is 16.9 Å². The van der Waals surface area contributed by atoms with Crippen LogP contribution in [0.2, 0.25) is 0 Å². The molecular formula is C25H23N5O3. The van der Waals surface area contributed by atoms with E-state index in [-0.39, 0.29) is 19.1 Å². The molecule has 0 aliphatic heterocycles. The van der Waals surface area contributed by atoms with E-state index in [1.807, 2.05) is 35.0 Å². The lowest BCUT2D eigenvalue weighted by Crippen LogP contribution is -2.23. The molecule has 0 aliphatic rings. The van der Waals surface area contributed by atoms with Gasteiger partial charge in [0, 0.05) is 30.2 Å². The minimum atomic E-state index is -0.518. The van der Waals surface area contributed by atoms with Crippen LogP contribution < -0.4 is 16.4 Å². The van der Waals surface area contributed by atoms with E-state index >= 15 is 0 Å². The Morgan fingerprint density at radius 1 is 0.939 bits per heavy atom. The van der Waals surface area contributed by atoms with E-state index in [1.54, 1.807) is 61.1 Å². The number of aromatic nitrogens is 2. The van der Waals surface area contributed by atoms with Crippen LogP contribution in [-0.2, 0) is 17.9 Å². The number of benzene rings is 3. The summed E-state index contributed by atoms with van der Waals surface area (Å²) in [5.74, 6) is -0.258. The Labute approximate surface area is 191 Å². The van der Waals surface area contributed by atoms with Crippen molar-refractivity contribution in [3.8, 4) is 5.69 Å². The molecule has 0 unspecified atom stereocenters. The average molecular weight is 441 g/mol. The number of alkyl carbamates (subject to hydrolysis) is 1. The van der Waals surface area contributed by atoms with E-state index in [9.17, 15) is 9.59 Å². The molecule has 4 rings (SSSR count). The second kappa shape index (κ2) is 10.1. The number of nitrogens with two attached hydrogens (primary N) is 1. The smallest absolute Gasteiger partial charge is 0.407 e. The Balaban J connectivity index is 1.23. The molecule has 0 radical (unpaired) electrons. The topological polar surface area (TPSA) is 111 Å². The lowest BCUT2D eigenvalue weighted by molar-refractivity contribution is 0.102. The summed E-state index contributed by atoms with van der Waals surface area (Å²) in [7, 11) is 0. The van der Waals surface area contributed by atoms with Crippen LogP contribution in [0.25, 0.3) is 5.69 Å².